The van der Waals surface area contributed by atoms with Gasteiger partial charge in [0.15, 0.2) is 0 Å². The van der Waals surface area contributed by atoms with Gasteiger partial charge in [-0.05, 0) is 6.92 Å². The second-order valence-corrected chi connectivity index (χ2v) is 4.64. The first-order chi connectivity index (χ1) is 9.99. The first kappa shape index (κ1) is 14.8. The van der Waals surface area contributed by atoms with Gasteiger partial charge in [-0.2, -0.15) is 5.10 Å². The van der Waals surface area contributed by atoms with Crippen LogP contribution in [-0.4, -0.2) is 62.2 Å². The number of H-pyrrole nitrogens is 1. The molecule has 2 unspecified atom stereocenters. The lowest BCUT2D eigenvalue weighted by atomic mass is 10.1. The van der Waals surface area contributed by atoms with Gasteiger partial charge >= 0.3 is 12.0 Å². The Balaban J connectivity index is 2.04. The number of piperazine rings is 1. The zero-order chi connectivity index (χ0) is 15.4. The first-order valence-electron chi connectivity index (χ1n) is 6.41. The monoisotopic (exact) mass is 296 g/mol. The molecule has 3 amide bonds. The van der Waals surface area contributed by atoms with E-state index in [2.05, 4.69) is 25.8 Å². The number of nitrogens with one attached hydrogen (secondary N) is 3. The van der Waals surface area contributed by atoms with E-state index < -0.39 is 36.4 Å². The standard InChI is InChI=1S/C11H16N6O4/c1-6(9-13-5-14-16-9)15-11(21)17-3-2-12-10(20)7(17)4-8(18)19/h5-7H,2-4H2,1H3,(H,12,20)(H,15,21)(H,18,19)(H,13,14,16). The van der Waals surface area contributed by atoms with E-state index >= 15 is 0 Å². The summed E-state index contributed by atoms with van der Waals surface area (Å²) in [6, 6.07) is -1.96. The highest BCUT2D eigenvalue weighted by molar-refractivity contribution is 5.91. The van der Waals surface area contributed by atoms with Crippen molar-refractivity contribution in [2.24, 2.45) is 0 Å². The van der Waals surface area contributed by atoms with E-state index in [1.54, 1.807) is 6.92 Å². The van der Waals surface area contributed by atoms with Gasteiger partial charge in [-0.1, -0.05) is 0 Å². The third-order valence-corrected chi connectivity index (χ3v) is 3.14. The summed E-state index contributed by atoms with van der Waals surface area (Å²) in [4.78, 5) is 39.9. The van der Waals surface area contributed by atoms with Gasteiger partial charge < -0.3 is 20.6 Å². The number of carboxylic acid groups (broad SMARTS) is 1. The van der Waals surface area contributed by atoms with Crippen LogP contribution in [0.3, 0.4) is 0 Å². The van der Waals surface area contributed by atoms with Gasteiger partial charge in [0.25, 0.3) is 0 Å². The SMILES string of the molecule is CC(NC(=O)N1CCNC(=O)C1CC(=O)O)c1ncn[nH]1. The zero-order valence-electron chi connectivity index (χ0n) is 11.4. The van der Waals surface area contributed by atoms with Crippen LogP contribution in [0.2, 0.25) is 0 Å². The van der Waals surface area contributed by atoms with Crippen LogP contribution in [0.5, 0.6) is 0 Å². The number of hydrogen-bond donors (Lipinski definition) is 4. The fourth-order valence-corrected chi connectivity index (χ4v) is 2.09. The number of carbonyl (C=O) groups excluding carboxylic acids is 2. The molecule has 1 aromatic rings. The van der Waals surface area contributed by atoms with Crippen LogP contribution in [0.4, 0.5) is 4.79 Å². The topological polar surface area (TPSA) is 140 Å². The molecule has 114 valence electrons. The maximum atomic E-state index is 12.2. The largest absolute Gasteiger partial charge is 0.481 e. The summed E-state index contributed by atoms with van der Waals surface area (Å²) in [5.41, 5.74) is 0. The smallest absolute Gasteiger partial charge is 0.318 e. The molecule has 0 spiro atoms. The molecule has 2 atom stereocenters. The van der Waals surface area contributed by atoms with E-state index in [1.165, 1.54) is 11.2 Å². The molecule has 1 aliphatic heterocycles. The highest BCUT2D eigenvalue weighted by atomic mass is 16.4. The molecule has 0 saturated carbocycles. The molecule has 2 rings (SSSR count). The van der Waals surface area contributed by atoms with Gasteiger partial charge in [0.1, 0.15) is 18.2 Å². The molecule has 10 nitrogen and oxygen atoms in total. The minimum Gasteiger partial charge on any atom is -0.481 e. The number of carboxylic acids is 1. The Morgan fingerprint density at radius 1 is 1.62 bits per heavy atom. The summed E-state index contributed by atoms with van der Waals surface area (Å²) in [5.74, 6) is -1.14. The molecule has 21 heavy (non-hydrogen) atoms. The number of carbonyl (C=O) groups is 3. The maximum absolute atomic E-state index is 12.2. The summed E-state index contributed by atoms with van der Waals surface area (Å²) in [5, 5.41) is 20.4. The molecule has 1 aromatic heterocycles. The number of urea groups is 1. The highest BCUT2D eigenvalue weighted by Crippen LogP contribution is 2.12. The van der Waals surface area contributed by atoms with Crippen molar-refractivity contribution >= 4 is 17.9 Å². The quantitative estimate of drug-likeness (QED) is 0.553. The lowest BCUT2D eigenvalue weighted by Gasteiger charge is -2.34. The van der Waals surface area contributed by atoms with Gasteiger partial charge in [0.2, 0.25) is 5.91 Å². The summed E-state index contributed by atoms with van der Waals surface area (Å²) in [6.07, 6.45) is 0.884. The van der Waals surface area contributed by atoms with E-state index in [4.69, 9.17) is 5.11 Å². The van der Waals surface area contributed by atoms with Crippen LogP contribution in [0.1, 0.15) is 25.2 Å². The van der Waals surface area contributed by atoms with Crippen molar-refractivity contribution in [2.45, 2.75) is 25.4 Å². The highest BCUT2D eigenvalue weighted by Gasteiger charge is 2.35. The molecular formula is C11H16N6O4. The van der Waals surface area contributed by atoms with Gasteiger partial charge in [0.05, 0.1) is 12.5 Å². The van der Waals surface area contributed by atoms with Crippen LogP contribution < -0.4 is 10.6 Å². The minimum absolute atomic E-state index is 0.249. The van der Waals surface area contributed by atoms with Crippen molar-refractivity contribution in [3.05, 3.63) is 12.2 Å². The number of rotatable bonds is 4. The van der Waals surface area contributed by atoms with Crippen LogP contribution >= 0.6 is 0 Å². The van der Waals surface area contributed by atoms with Crippen LogP contribution in [0.15, 0.2) is 6.33 Å². The number of aliphatic carboxylic acids is 1. The fraction of sp³-hybridized carbons (Fsp3) is 0.545. The molecule has 1 saturated heterocycles. The summed E-state index contributed by atoms with van der Waals surface area (Å²) in [7, 11) is 0. The number of hydrogen-bond acceptors (Lipinski definition) is 5. The number of aromatic amines is 1. The van der Waals surface area contributed by atoms with Gasteiger partial charge in [0, 0.05) is 13.1 Å². The molecular weight excluding hydrogens is 280 g/mol. The third kappa shape index (κ3) is 3.46. The van der Waals surface area contributed by atoms with Gasteiger partial charge in [-0.15, -0.1) is 0 Å². The number of amides is 3. The average Bonchev–Trinajstić information content (AvgIpc) is 2.94. The van der Waals surface area contributed by atoms with Crippen molar-refractivity contribution in [3.63, 3.8) is 0 Å². The second-order valence-electron chi connectivity index (χ2n) is 4.64. The Morgan fingerprint density at radius 2 is 2.38 bits per heavy atom. The van der Waals surface area contributed by atoms with Crippen LogP contribution in [0.25, 0.3) is 0 Å². The Kier molecular flexibility index (Phi) is 4.36. The normalized spacial score (nSPS) is 19.8. The average molecular weight is 296 g/mol. The Labute approximate surface area is 119 Å². The summed E-state index contributed by atoms with van der Waals surface area (Å²) in [6.45, 7) is 2.24. The van der Waals surface area contributed by atoms with Crippen LogP contribution in [-0.2, 0) is 9.59 Å². The van der Waals surface area contributed by atoms with Crippen molar-refractivity contribution in [1.82, 2.24) is 30.7 Å². The predicted molar refractivity (Wildman–Crippen MR) is 69.1 cm³/mol. The predicted octanol–water partition coefficient (Wildman–Crippen LogP) is -1.15. The molecule has 10 heteroatoms. The Hall–Kier alpha value is -2.65. The van der Waals surface area contributed by atoms with Crippen LogP contribution in [0, 0.1) is 0 Å². The lowest BCUT2D eigenvalue weighted by molar-refractivity contribution is -0.142. The number of nitrogens with zero attached hydrogens (tertiary/aromatic N) is 3. The van der Waals surface area contributed by atoms with Gasteiger partial charge in [-0.25, -0.2) is 9.78 Å². The second kappa shape index (κ2) is 6.20. The van der Waals surface area contributed by atoms with E-state index in [9.17, 15) is 14.4 Å². The van der Waals surface area contributed by atoms with E-state index in [1.807, 2.05) is 0 Å². The van der Waals surface area contributed by atoms with E-state index in [-0.39, 0.29) is 6.54 Å². The number of aromatic nitrogens is 3. The molecule has 0 bridgehead atoms. The molecule has 1 aliphatic rings. The molecule has 0 aromatic carbocycles. The van der Waals surface area contributed by atoms with E-state index in [0.717, 1.165) is 0 Å². The maximum Gasteiger partial charge on any atom is 0.318 e. The molecule has 0 aliphatic carbocycles. The molecule has 1 fully saturated rings. The molecule has 0 radical (unpaired) electrons. The molecule has 4 N–H and O–H groups in total. The van der Waals surface area contributed by atoms with Crippen molar-refractivity contribution in [2.75, 3.05) is 13.1 Å². The Bertz CT molecular complexity index is 531. The Morgan fingerprint density at radius 3 is 3.00 bits per heavy atom. The zero-order valence-corrected chi connectivity index (χ0v) is 11.4. The van der Waals surface area contributed by atoms with E-state index in [0.29, 0.717) is 12.4 Å². The summed E-state index contributed by atoms with van der Waals surface area (Å²) < 4.78 is 0. The minimum atomic E-state index is -1.14. The third-order valence-electron chi connectivity index (χ3n) is 3.14. The van der Waals surface area contributed by atoms with Crippen molar-refractivity contribution in [3.8, 4) is 0 Å². The summed E-state index contributed by atoms with van der Waals surface area (Å²) >= 11 is 0. The first-order valence-corrected chi connectivity index (χ1v) is 6.41. The lowest BCUT2D eigenvalue weighted by Crippen LogP contribution is -2.60. The van der Waals surface area contributed by atoms with Gasteiger partial charge in [-0.3, -0.25) is 14.7 Å². The van der Waals surface area contributed by atoms with Crippen molar-refractivity contribution in [1.29, 1.82) is 0 Å². The fourth-order valence-electron chi connectivity index (χ4n) is 2.09. The molecule has 2 heterocycles. The van der Waals surface area contributed by atoms with Crippen molar-refractivity contribution < 1.29 is 19.5 Å².